The molecule has 2 aromatic carbocycles. The number of piperazine rings is 1. The SMILES string of the molecule is Cn1c(=O)c([N+](=O)[O-])c(N2CC[NH+](Cc3ccccc3)CC2)c2ccccc21. The average Bonchev–Trinajstić information content (AvgIpc) is 2.72. The second-order valence-electron chi connectivity index (χ2n) is 7.24. The number of nitrogens with one attached hydrogen (secondary N) is 1. The van der Waals surface area contributed by atoms with E-state index in [-0.39, 0.29) is 5.69 Å². The van der Waals surface area contributed by atoms with Gasteiger partial charge in [-0.25, -0.2) is 0 Å². The van der Waals surface area contributed by atoms with Gasteiger partial charge in [0, 0.05) is 18.0 Å². The molecule has 0 unspecified atom stereocenters. The molecule has 7 heteroatoms. The van der Waals surface area contributed by atoms with Gasteiger partial charge in [0.15, 0.2) is 0 Å². The van der Waals surface area contributed by atoms with Gasteiger partial charge < -0.3 is 14.4 Å². The lowest BCUT2D eigenvalue weighted by atomic mass is 10.1. The van der Waals surface area contributed by atoms with Gasteiger partial charge >= 0.3 is 11.2 Å². The Morgan fingerprint density at radius 1 is 1.04 bits per heavy atom. The minimum Gasteiger partial charge on any atom is -0.354 e. The summed E-state index contributed by atoms with van der Waals surface area (Å²) in [6.07, 6.45) is 0. The van der Waals surface area contributed by atoms with Crippen molar-refractivity contribution < 1.29 is 9.82 Å². The van der Waals surface area contributed by atoms with Crippen molar-refractivity contribution in [2.75, 3.05) is 31.1 Å². The lowest BCUT2D eigenvalue weighted by Crippen LogP contribution is -3.13. The zero-order valence-corrected chi connectivity index (χ0v) is 15.8. The van der Waals surface area contributed by atoms with Gasteiger partial charge in [-0.3, -0.25) is 14.9 Å². The van der Waals surface area contributed by atoms with Crippen molar-refractivity contribution in [1.82, 2.24) is 4.57 Å². The average molecular weight is 379 g/mol. The van der Waals surface area contributed by atoms with E-state index in [1.54, 1.807) is 7.05 Å². The lowest BCUT2D eigenvalue weighted by molar-refractivity contribution is -0.914. The predicted octanol–water partition coefficient (Wildman–Crippen LogP) is 1.35. The van der Waals surface area contributed by atoms with Crippen LogP contribution in [0.3, 0.4) is 0 Å². The summed E-state index contributed by atoms with van der Waals surface area (Å²) >= 11 is 0. The highest BCUT2D eigenvalue weighted by Crippen LogP contribution is 2.33. The number of nitrogens with zero attached hydrogens (tertiary/aromatic N) is 3. The van der Waals surface area contributed by atoms with E-state index in [9.17, 15) is 14.9 Å². The molecule has 1 aliphatic heterocycles. The largest absolute Gasteiger partial charge is 0.357 e. The molecule has 1 aromatic heterocycles. The van der Waals surface area contributed by atoms with Crippen molar-refractivity contribution in [3.8, 4) is 0 Å². The normalized spacial score (nSPS) is 15.1. The number of fused-ring (bicyclic) bond motifs is 1. The maximum atomic E-state index is 12.7. The Morgan fingerprint density at radius 2 is 1.68 bits per heavy atom. The molecule has 1 fully saturated rings. The van der Waals surface area contributed by atoms with E-state index in [4.69, 9.17) is 0 Å². The molecule has 4 rings (SSSR count). The van der Waals surface area contributed by atoms with Crippen LogP contribution in [0.2, 0.25) is 0 Å². The number of quaternary nitrogens is 1. The number of pyridine rings is 1. The molecule has 0 aliphatic carbocycles. The van der Waals surface area contributed by atoms with Crippen molar-refractivity contribution in [2.24, 2.45) is 7.05 Å². The Bertz CT molecular complexity index is 1070. The van der Waals surface area contributed by atoms with Crippen molar-refractivity contribution >= 4 is 22.3 Å². The number of nitro groups is 1. The number of hydrogen-bond acceptors (Lipinski definition) is 4. The number of aryl methyl sites for hydroxylation is 1. The van der Waals surface area contributed by atoms with E-state index >= 15 is 0 Å². The molecule has 0 radical (unpaired) electrons. The number of hydrogen-bond donors (Lipinski definition) is 1. The Hall–Kier alpha value is -3.19. The molecule has 0 saturated carbocycles. The van der Waals surface area contributed by atoms with Crippen LogP contribution >= 0.6 is 0 Å². The Morgan fingerprint density at radius 3 is 2.36 bits per heavy atom. The molecular formula is C21H23N4O3+. The van der Waals surface area contributed by atoms with Crippen LogP contribution in [0.25, 0.3) is 10.9 Å². The van der Waals surface area contributed by atoms with Crippen LogP contribution in [0.1, 0.15) is 5.56 Å². The van der Waals surface area contributed by atoms with Crippen LogP contribution in [0, 0.1) is 10.1 Å². The van der Waals surface area contributed by atoms with Gasteiger partial charge in [-0.2, -0.15) is 0 Å². The molecule has 1 saturated heterocycles. The number of para-hydroxylation sites is 1. The van der Waals surface area contributed by atoms with Gasteiger partial charge in [-0.1, -0.05) is 48.5 Å². The highest BCUT2D eigenvalue weighted by Gasteiger charge is 2.31. The quantitative estimate of drug-likeness (QED) is 0.549. The van der Waals surface area contributed by atoms with E-state index in [1.807, 2.05) is 47.4 Å². The number of anilines is 1. The molecule has 3 aromatic rings. The Balaban J connectivity index is 1.67. The highest BCUT2D eigenvalue weighted by molar-refractivity contribution is 5.96. The maximum absolute atomic E-state index is 12.7. The number of rotatable bonds is 4. The van der Waals surface area contributed by atoms with E-state index in [0.717, 1.165) is 25.0 Å². The van der Waals surface area contributed by atoms with Crippen molar-refractivity contribution in [3.63, 3.8) is 0 Å². The molecule has 144 valence electrons. The Kier molecular flexibility index (Phi) is 4.83. The summed E-state index contributed by atoms with van der Waals surface area (Å²) < 4.78 is 1.37. The summed E-state index contributed by atoms with van der Waals surface area (Å²) in [5.41, 5.74) is 1.58. The summed E-state index contributed by atoms with van der Waals surface area (Å²) in [6.45, 7) is 4.04. The topological polar surface area (TPSA) is 72.8 Å². The van der Waals surface area contributed by atoms with Crippen LogP contribution in [-0.2, 0) is 13.6 Å². The fourth-order valence-electron chi connectivity index (χ4n) is 4.06. The monoisotopic (exact) mass is 379 g/mol. The van der Waals surface area contributed by atoms with Gasteiger partial charge in [0.1, 0.15) is 12.2 Å². The van der Waals surface area contributed by atoms with Gasteiger partial charge in [0.05, 0.1) is 36.6 Å². The predicted molar refractivity (Wildman–Crippen MR) is 109 cm³/mol. The Labute approximate surface area is 162 Å². The standard InChI is InChI=1S/C21H22N4O3/c1-22-18-10-6-5-9-17(18)19(20(21(22)26)25(27)28)24-13-11-23(12-14-24)15-16-7-3-2-4-8-16/h2-10H,11-15H2,1H3/p+1. The van der Waals surface area contributed by atoms with Crippen LogP contribution < -0.4 is 15.4 Å². The van der Waals surface area contributed by atoms with E-state index < -0.39 is 10.5 Å². The van der Waals surface area contributed by atoms with Gasteiger partial charge in [-0.05, 0) is 6.07 Å². The number of aromatic nitrogens is 1. The second-order valence-corrected chi connectivity index (χ2v) is 7.24. The first kappa shape index (κ1) is 18.2. The van der Waals surface area contributed by atoms with Crippen LogP contribution in [0.5, 0.6) is 0 Å². The third kappa shape index (κ3) is 3.25. The molecule has 1 aliphatic rings. The third-order valence-electron chi connectivity index (χ3n) is 5.52. The van der Waals surface area contributed by atoms with Crippen molar-refractivity contribution in [2.45, 2.75) is 6.54 Å². The molecule has 0 atom stereocenters. The molecule has 0 amide bonds. The van der Waals surface area contributed by atoms with Crippen LogP contribution in [0.4, 0.5) is 11.4 Å². The smallest absolute Gasteiger partial charge is 0.354 e. The molecule has 1 N–H and O–H groups in total. The summed E-state index contributed by atoms with van der Waals surface area (Å²) in [7, 11) is 1.59. The maximum Gasteiger partial charge on any atom is 0.357 e. The molecule has 28 heavy (non-hydrogen) atoms. The zero-order chi connectivity index (χ0) is 19.7. The highest BCUT2D eigenvalue weighted by atomic mass is 16.6. The first-order valence-electron chi connectivity index (χ1n) is 9.45. The lowest BCUT2D eigenvalue weighted by Gasteiger charge is -2.34. The van der Waals surface area contributed by atoms with Crippen LogP contribution in [0.15, 0.2) is 59.4 Å². The van der Waals surface area contributed by atoms with E-state index in [0.29, 0.717) is 24.3 Å². The van der Waals surface area contributed by atoms with E-state index in [1.165, 1.54) is 15.0 Å². The molecular weight excluding hydrogens is 356 g/mol. The van der Waals surface area contributed by atoms with Gasteiger partial charge in [-0.15, -0.1) is 0 Å². The first-order chi connectivity index (χ1) is 13.6. The third-order valence-corrected chi connectivity index (χ3v) is 5.52. The number of benzene rings is 2. The molecule has 0 bridgehead atoms. The van der Waals surface area contributed by atoms with Crippen molar-refractivity contribution in [3.05, 3.63) is 80.6 Å². The zero-order valence-electron chi connectivity index (χ0n) is 15.8. The minimum absolute atomic E-state index is 0.326. The first-order valence-corrected chi connectivity index (χ1v) is 9.45. The summed E-state index contributed by atoms with van der Waals surface area (Å²) in [5, 5.41) is 12.5. The second kappa shape index (κ2) is 7.44. The minimum atomic E-state index is -0.558. The molecule has 2 heterocycles. The summed E-state index contributed by atoms with van der Waals surface area (Å²) in [5.74, 6) is 0. The summed E-state index contributed by atoms with van der Waals surface area (Å²) in [4.78, 5) is 27.3. The van der Waals surface area contributed by atoms with E-state index in [2.05, 4.69) is 12.1 Å². The molecule has 0 spiro atoms. The summed E-state index contributed by atoms with van der Waals surface area (Å²) in [6, 6.07) is 17.7. The van der Waals surface area contributed by atoms with Crippen LogP contribution in [-0.4, -0.2) is 35.7 Å². The van der Waals surface area contributed by atoms with Gasteiger partial charge in [0.2, 0.25) is 0 Å². The van der Waals surface area contributed by atoms with Gasteiger partial charge in [0.25, 0.3) is 0 Å². The fraction of sp³-hybridized carbons (Fsp3) is 0.286. The van der Waals surface area contributed by atoms with Crippen molar-refractivity contribution in [1.29, 1.82) is 0 Å². The molecule has 7 nitrogen and oxygen atoms in total. The fourth-order valence-corrected chi connectivity index (χ4v) is 4.06.